The number of thiophene rings is 1. The normalized spacial score (nSPS) is 10.9. The maximum absolute atomic E-state index is 12.4. The number of aromatic nitrogens is 3. The summed E-state index contributed by atoms with van der Waals surface area (Å²) in [6, 6.07) is 15.4. The molecular weight excluding hydrogens is 424 g/mol. The monoisotopic (exact) mass is 440 g/mol. The van der Waals surface area contributed by atoms with Gasteiger partial charge in [-0.3, -0.25) is 9.36 Å². The van der Waals surface area contributed by atoms with Gasteiger partial charge >= 0.3 is 0 Å². The molecule has 0 atom stereocenters. The Hall–Kier alpha value is -2.61. The van der Waals surface area contributed by atoms with E-state index in [1.54, 1.807) is 29.5 Å². The van der Waals surface area contributed by atoms with Crippen molar-refractivity contribution < 1.29 is 4.79 Å². The molecule has 0 saturated carbocycles. The summed E-state index contributed by atoms with van der Waals surface area (Å²) in [4.78, 5) is 12.4. The van der Waals surface area contributed by atoms with Gasteiger partial charge in [0.15, 0.2) is 11.0 Å². The van der Waals surface area contributed by atoms with Crippen LogP contribution in [0.2, 0.25) is 5.02 Å². The SMILES string of the molecule is C=CCn1c(SCC(=O)Nc2ccccc2Cl)nnc1-c1csc2ccccc12. The van der Waals surface area contributed by atoms with Crippen LogP contribution < -0.4 is 5.32 Å². The zero-order valence-electron chi connectivity index (χ0n) is 15.3. The van der Waals surface area contributed by atoms with Gasteiger partial charge in [-0.25, -0.2) is 0 Å². The molecule has 0 aliphatic carbocycles. The molecule has 5 nitrogen and oxygen atoms in total. The first-order valence-corrected chi connectivity index (χ1v) is 11.1. The highest BCUT2D eigenvalue weighted by Crippen LogP contribution is 2.34. The second kappa shape index (κ2) is 8.82. The quantitative estimate of drug-likeness (QED) is 0.294. The average Bonchev–Trinajstić information content (AvgIpc) is 3.32. The number of anilines is 1. The minimum Gasteiger partial charge on any atom is -0.324 e. The smallest absolute Gasteiger partial charge is 0.234 e. The molecule has 2 heterocycles. The van der Waals surface area contributed by atoms with Gasteiger partial charge in [-0.2, -0.15) is 0 Å². The number of halogens is 1. The largest absolute Gasteiger partial charge is 0.324 e. The zero-order chi connectivity index (χ0) is 20.2. The van der Waals surface area contributed by atoms with E-state index in [4.69, 9.17) is 11.6 Å². The van der Waals surface area contributed by atoms with E-state index in [9.17, 15) is 4.79 Å². The predicted molar refractivity (Wildman–Crippen MR) is 122 cm³/mol. The molecule has 0 fully saturated rings. The van der Waals surface area contributed by atoms with Crippen LogP contribution in [0.5, 0.6) is 0 Å². The van der Waals surface area contributed by atoms with Crippen molar-refractivity contribution in [2.45, 2.75) is 11.7 Å². The molecule has 2 aromatic carbocycles. The molecule has 1 N–H and O–H groups in total. The average molecular weight is 441 g/mol. The van der Waals surface area contributed by atoms with Gasteiger partial charge in [0.2, 0.25) is 5.91 Å². The van der Waals surface area contributed by atoms with E-state index < -0.39 is 0 Å². The van der Waals surface area contributed by atoms with Gasteiger partial charge in [-0.15, -0.1) is 28.1 Å². The van der Waals surface area contributed by atoms with Crippen molar-refractivity contribution >= 4 is 56.4 Å². The van der Waals surface area contributed by atoms with Crippen LogP contribution in [-0.4, -0.2) is 26.4 Å². The number of hydrogen-bond donors (Lipinski definition) is 1. The van der Waals surface area contributed by atoms with Crippen molar-refractivity contribution in [2.24, 2.45) is 0 Å². The summed E-state index contributed by atoms with van der Waals surface area (Å²) in [7, 11) is 0. The molecule has 8 heteroatoms. The van der Waals surface area contributed by atoms with Crippen molar-refractivity contribution in [1.29, 1.82) is 0 Å². The Morgan fingerprint density at radius 3 is 2.83 bits per heavy atom. The van der Waals surface area contributed by atoms with E-state index in [2.05, 4.69) is 39.6 Å². The molecule has 4 aromatic rings. The number of thioether (sulfide) groups is 1. The van der Waals surface area contributed by atoms with E-state index in [0.717, 1.165) is 16.8 Å². The Bertz CT molecular complexity index is 1180. The number of carbonyl (C=O) groups is 1. The van der Waals surface area contributed by atoms with Gasteiger partial charge in [0.25, 0.3) is 0 Å². The number of nitrogens with one attached hydrogen (secondary N) is 1. The first-order valence-electron chi connectivity index (χ1n) is 8.85. The molecule has 146 valence electrons. The number of rotatable bonds is 7. The van der Waals surface area contributed by atoms with Crippen molar-refractivity contribution in [3.63, 3.8) is 0 Å². The van der Waals surface area contributed by atoms with Gasteiger partial charge in [0, 0.05) is 27.6 Å². The van der Waals surface area contributed by atoms with Crippen LogP contribution in [0.3, 0.4) is 0 Å². The molecule has 4 rings (SSSR count). The number of nitrogens with zero attached hydrogens (tertiary/aromatic N) is 3. The highest BCUT2D eigenvalue weighted by atomic mass is 35.5. The Labute approximate surface area is 181 Å². The third-order valence-electron chi connectivity index (χ3n) is 4.23. The van der Waals surface area contributed by atoms with Crippen LogP contribution in [-0.2, 0) is 11.3 Å². The van der Waals surface area contributed by atoms with Crippen LogP contribution in [0.25, 0.3) is 21.5 Å². The van der Waals surface area contributed by atoms with Gasteiger partial charge in [-0.1, -0.05) is 59.8 Å². The minimum absolute atomic E-state index is 0.154. The van der Waals surface area contributed by atoms with Crippen molar-refractivity contribution in [1.82, 2.24) is 14.8 Å². The van der Waals surface area contributed by atoms with Gasteiger partial charge < -0.3 is 5.32 Å². The molecule has 0 aliphatic rings. The molecule has 0 radical (unpaired) electrons. The summed E-state index contributed by atoms with van der Waals surface area (Å²) in [5.74, 6) is 0.820. The third-order valence-corrected chi connectivity index (χ3v) is 6.49. The van der Waals surface area contributed by atoms with E-state index >= 15 is 0 Å². The Morgan fingerprint density at radius 1 is 1.21 bits per heavy atom. The molecule has 1 amide bonds. The van der Waals surface area contributed by atoms with Crippen LogP contribution in [0.4, 0.5) is 5.69 Å². The number of para-hydroxylation sites is 1. The van der Waals surface area contributed by atoms with E-state index in [1.807, 2.05) is 28.8 Å². The lowest BCUT2D eigenvalue weighted by atomic mass is 10.1. The molecular formula is C21H17ClN4OS2. The van der Waals surface area contributed by atoms with E-state index in [-0.39, 0.29) is 11.7 Å². The number of allylic oxidation sites excluding steroid dienone is 1. The fourth-order valence-electron chi connectivity index (χ4n) is 2.92. The van der Waals surface area contributed by atoms with Crippen molar-refractivity contribution in [2.75, 3.05) is 11.1 Å². The van der Waals surface area contributed by atoms with Crippen molar-refractivity contribution in [3.05, 3.63) is 71.6 Å². The lowest BCUT2D eigenvalue weighted by Crippen LogP contribution is -2.15. The maximum atomic E-state index is 12.4. The lowest BCUT2D eigenvalue weighted by Gasteiger charge is -2.08. The maximum Gasteiger partial charge on any atom is 0.234 e. The zero-order valence-corrected chi connectivity index (χ0v) is 17.7. The van der Waals surface area contributed by atoms with Gasteiger partial charge in [0.1, 0.15) is 0 Å². The first-order chi connectivity index (χ1) is 14.2. The fraction of sp³-hybridized carbons (Fsp3) is 0.0952. The van der Waals surface area contributed by atoms with Crippen LogP contribution in [0, 0.1) is 0 Å². The molecule has 2 aromatic heterocycles. The molecule has 0 unspecified atom stereocenters. The minimum atomic E-state index is -0.154. The third kappa shape index (κ3) is 4.22. The summed E-state index contributed by atoms with van der Waals surface area (Å²) in [5.41, 5.74) is 1.63. The molecule has 0 spiro atoms. The predicted octanol–water partition coefficient (Wildman–Crippen LogP) is 5.73. The standard InChI is InChI=1S/C21H17ClN4OS2/c1-2-11-26-20(15-12-28-18-10-6-3-7-14(15)18)24-25-21(26)29-13-19(27)23-17-9-5-4-8-16(17)22/h2-10,12H,1,11,13H2,(H,23,27). The molecule has 29 heavy (non-hydrogen) atoms. The topological polar surface area (TPSA) is 59.8 Å². The number of hydrogen-bond acceptors (Lipinski definition) is 5. The van der Waals surface area contributed by atoms with Crippen LogP contribution in [0.1, 0.15) is 0 Å². The van der Waals surface area contributed by atoms with Crippen LogP contribution >= 0.6 is 34.7 Å². The van der Waals surface area contributed by atoms with Gasteiger partial charge in [0.05, 0.1) is 16.5 Å². The highest BCUT2D eigenvalue weighted by Gasteiger charge is 2.18. The second-order valence-corrected chi connectivity index (χ2v) is 8.43. The van der Waals surface area contributed by atoms with Crippen LogP contribution in [0.15, 0.2) is 71.7 Å². The molecule has 0 bridgehead atoms. The second-order valence-electron chi connectivity index (χ2n) is 6.17. The summed E-state index contributed by atoms with van der Waals surface area (Å²) in [6.07, 6.45) is 1.80. The van der Waals surface area contributed by atoms with Gasteiger partial charge in [-0.05, 0) is 18.2 Å². The molecule has 0 saturated heterocycles. The van der Waals surface area contributed by atoms with E-state index in [1.165, 1.54) is 16.5 Å². The number of benzene rings is 2. The highest BCUT2D eigenvalue weighted by molar-refractivity contribution is 7.99. The first kappa shape index (κ1) is 19.7. The number of fused-ring (bicyclic) bond motifs is 1. The summed E-state index contributed by atoms with van der Waals surface area (Å²) in [6.45, 7) is 4.40. The Balaban J connectivity index is 1.55. The number of carbonyl (C=O) groups excluding carboxylic acids is 1. The molecule has 0 aliphatic heterocycles. The summed E-state index contributed by atoms with van der Waals surface area (Å²) in [5, 5.41) is 16.0. The number of amides is 1. The lowest BCUT2D eigenvalue weighted by molar-refractivity contribution is -0.113. The summed E-state index contributed by atoms with van der Waals surface area (Å²) >= 11 is 9.11. The Morgan fingerprint density at radius 2 is 2.00 bits per heavy atom. The van der Waals surface area contributed by atoms with Crippen molar-refractivity contribution in [3.8, 4) is 11.4 Å². The Kier molecular flexibility index (Phi) is 5.99. The van der Waals surface area contributed by atoms with E-state index in [0.29, 0.717) is 22.4 Å². The fourth-order valence-corrected chi connectivity index (χ4v) is 4.79. The summed E-state index contributed by atoms with van der Waals surface area (Å²) < 4.78 is 3.18.